The molecule has 28 heavy (non-hydrogen) atoms. The molecule has 2 bridgehead atoms. The van der Waals surface area contributed by atoms with E-state index in [1.54, 1.807) is 24.3 Å². The molecule has 2 atom stereocenters. The summed E-state index contributed by atoms with van der Waals surface area (Å²) >= 11 is 0. The number of rotatable bonds is 6. The molecule has 3 rings (SSSR count). The van der Waals surface area contributed by atoms with E-state index >= 15 is 0 Å². The minimum Gasteiger partial charge on any atom is -0.331 e. The Kier molecular flexibility index (Phi) is 6.27. The molecule has 0 radical (unpaired) electrons. The highest BCUT2D eigenvalue weighted by Crippen LogP contribution is 2.32. The summed E-state index contributed by atoms with van der Waals surface area (Å²) in [5.74, 6) is -1.57. The van der Waals surface area contributed by atoms with E-state index in [2.05, 4.69) is 10.6 Å². The second kappa shape index (κ2) is 8.51. The van der Waals surface area contributed by atoms with Crippen LogP contribution < -0.4 is 10.6 Å². The number of carbonyl (C=O) groups excluding carboxylic acids is 2. The zero-order chi connectivity index (χ0) is 20.3. The van der Waals surface area contributed by atoms with Crippen molar-refractivity contribution in [2.24, 2.45) is 5.92 Å². The summed E-state index contributed by atoms with van der Waals surface area (Å²) in [6.45, 7) is 1.30. The van der Waals surface area contributed by atoms with Gasteiger partial charge in [-0.2, -0.15) is 13.2 Å². The number of piperidine rings is 1. The first kappa shape index (κ1) is 20.6. The fourth-order valence-electron chi connectivity index (χ4n) is 4.29. The molecule has 1 aromatic rings. The van der Waals surface area contributed by atoms with E-state index in [1.165, 1.54) is 19.8 Å². The van der Waals surface area contributed by atoms with Crippen molar-refractivity contribution in [1.29, 1.82) is 0 Å². The van der Waals surface area contributed by atoms with Crippen molar-refractivity contribution in [2.45, 2.75) is 63.8 Å². The van der Waals surface area contributed by atoms with Gasteiger partial charge in [-0.3, -0.25) is 9.59 Å². The highest BCUT2D eigenvalue weighted by molar-refractivity contribution is 5.91. The summed E-state index contributed by atoms with van der Waals surface area (Å²) < 4.78 is 38.0. The lowest BCUT2D eigenvalue weighted by atomic mass is 9.89. The summed E-state index contributed by atoms with van der Waals surface area (Å²) in [7, 11) is 0. The number of nitrogens with zero attached hydrogens (tertiary/aromatic N) is 1. The third-order valence-corrected chi connectivity index (χ3v) is 5.54. The van der Waals surface area contributed by atoms with Gasteiger partial charge in [0.1, 0.15) is 0 Å². The van der Waals surface area contributed by atoms with Gasteiger partial charge in [-0.1, -0.05) is 12.1 Å². The van der Waals surface area contributed by atoms with E-state index in [-0.39, 0.29) is 19.0 Å². The lowest BCUT2D eigenvalue weighted by Crippen LogP contribution is -2.40. The monoisotopic (exact) mass is 397 g/mol. The van der Waals surface area contributed by atoms with Gasteiger partial charge in [0, 0.05) is 37.3 Å². The lowest BCUT2D eigenvalue weighted by Gasteiger charge is -2.28. The topological polar surface area (TPSA) is 61.4 Å². The van der Waals surface area contributed by atoms with Crippen LogP contribution in [0.2, 0.25) is 0 Å². The molecule has 2 unspecified atom stereocenters. The van der Waals surface area contributed by atoms with Crippen LogP contribution in [-0.4, -0.2) is 41.5 Å². The minimum atomic E-state index is -4.89. The Balaban J connectivity index is 1.56. The first-order valence-corrected chi connectivity index (χ1v) is 9.75. The van der Waals surface area contributed by atoms with Crippen molar-refractivity contribution >= 4 is 17.5 Å². The van der Waals surface area contributed by atoms with Crippen LogP contribution in [0.25, 0.3) is 0 Å². The second-order valence-corrected chi connectivity index (χ2v) is 7.75. The van der Waals surface area contributed by atoms with E-state index in [0.29, 0.717) is 35.7 Å². The molecule has 0 saturated carbocycles. The van der Waals surface area contributed by atoms with Crippen molar-refractivity contribution in [3.8, 4) is 0 Å². The third kappa shape index (κ3) is 5.25. The molecule has 0 aliphatic carbocycles. The fourth-order valence-corrected chi connectivity index (χ4v) is 4.29. The van der Waals surface area contributed by atoms with Crippen molar-refractivity contribution in [3.63, 3.8) is 0 Å². The number of anilines is 1. The van der Waals surface area contributed by atoms with Gasteiger partial charge in [-0.15, -0.1) is 0 Å². The van der Waals surface area contributed by atoms with Crippen molar-refractivity contribution in [3.05, 3.63) is 29.8 Å². The van der Waals surface area contributed by atoms with Crippen molar-refractivity contribution in [2.75, 3.05) is 11.9 Å². The van der Waals surface area contributed by atoms with E-state index in [9.17, 15) is 22.8 Å². The number of hydrogen-bond donors (Lipinski definition) is 2. The molecule has 1 aromatic carbocycles. The Labute approximate surface area is 162 Å². The van der Waals surface area contributed by atoms with Crippen LogP contribution in [0.15, 0.2) is 24.3 Å². The quantitative estimate of drug-likeness (QED) is 0.773. The van der Waals surface area contributed by atoms with Gasteiger partial charge in [0.15, 0.2) is 0 Å². The van der Waals surface area contributed by atoms with Gasteiger partial charge in [-0.25, -0.2) is 0 Å². The molecule has 2 amide bonds. The van der Waals surface area contributed by atoms with E-state index < -0.39 is 12.1 Å². The Hall–Kier alpha value is -2.09. The second-order valence-electron chi connectivity index (χ2n) is 7.75. The Bertz CT molecular complexity index is 711. The molecule has 0 aromatic heterocycles. The average molecular weight is 397 g/mol. The standard InChI is InChI=1S/C20H26F3N3O2/c1-2-26(19(28)20(21,22)23)12-13-4-3-5-15(8-13)25-18(27)11-14-9-16-6-7-17(10-14)24-16/h3-5,8,14,16-17,24H,2,6-7,9-12H2,1H3,(H,25,27). The Morgan fingerprint density at radius 2 is 1.89 bits per heavy atom. The van der Waals surface area contributed by atoms with E-state index in [1.807, 2.05) is 0 Å². The molecule has 2 heterocycles. The maximum absolute atomic E-state index is 12.7. The van der Waals surface area contributed by atoms with E-state index in [0.717, 1.165) is 17.7 Å². The number of amides is 2. The lowest BCUT2D eigenvalue weighted by molar-refractivity contribution is -0.185. The van der Waals surface area contributed by atoms with Gasteiger partial charge in [0.25, 0.3) is 0 Å². The largest absolute Gasteiger partial charge is 0.471 e. The minimum absolute atomic E-state index is 0.0486. The van der Waals surface area contributed by atoms with Gasteiger partial charge in [0.05, 0.1) is 0 Å². The normalized spacial score (nSPS) is 24.1. The van der Waals surface area contributed by atoms with Crippen LogP contribution in [0.5, 0.6) is 0 Å². The molecule has 5 nitrogen and oxygen atoms in total. The first-order valence-electron chi connectivity index (χ1n) is 9.75. The molecule has 0 spiro atoms. The summed E-state index contributed by atoms with van der Waals surface area (Å²) in [5.41, 5.74) is 1.08. The number of benzene rings is 1. The predicted octanol–water partition coefficient (Wildman–Crippen LogP) is 3.46. The van der Waals surface area contributed by atoms with Crippen molar-refractivity contribution < 1.29 is 22.8 Å². The van der Waals surface area contributed by atoms with Gasteiger partial charge < -0.3 is 15.5 Å². The molecule has 154 valence electrons. The highest BCUT2D eigenvalue weighted by atomic mass is 19.4. The van der Waals surface area contributed by atoms with Crippen molar-refractivity contribution in [1.82, 2.24) is 10.2 Å². The Morgan fingerprint density at radius 3 is 2.50 bits per heavy atom. The molecule has 2 aliphatic rings. The average Bonchev–Trinajstić information content (AvgIpc) is 2.97. The smallest absolute Gasteiger partial charge is 0.331 e. The van der Waals surface area contributed by atoms with Gasteiger partial charge in [0.2, 0.25) is 5.91 Å². The zero-order valence-electron chi connectivity index (χ0n) is 15.9. The molecule has 2 N–H and O–H groups in total. The molecule has 2 saturated heterocycles. The number of nitrogens with one attached hydrogen (secondary N) is 2. The summed E-state index contributed by atoms with van der Waals surface area (Å²) in [4.78, 5) is 24.6. The maximum Gasteiger partial charge on any atom is 0.471 e. The third-order valence-electron chi connectivity index (χ3n) is 5.54. The number of hydrogen-bond acceptors (Lipinski definition) is 3. The van der Waals surface area contributed by atoms with Crippen LogP contribution in [0.4, 0.5) is 18.9 Å². The van der Waals surface area contributed by atoms with Crippen LogP contribution in [0.3, 0.4) is 0 Å². The van der Waals surface area contributed by atoms with Crippen LogP contribution >= 0.6 is 0 Å². The summed E-state index contributed by atoms with van der Waals surface area (Å²) in [5, 5.41) is 6.40. The molecular formula is C20H26F3N3O2. The molecule has 2 aliphatic heterocycles. The SMILES string of the molecule is CCN(Cc1cccc(NC(=O)CC2CC3CCC(C2)N3)c1)C(=O)C(F)(F)F. The summed E-state index contributed by atoms with van der Waals surface area (Å²) in [6.07, 6.45) is -0.0720. The fraction of sp³-hybridized carbons (Fsp3) is 0.600. The molecular weight excluding hydrogens is 371 g/mol. The summed E-state index contributed by atoms with van der Waals surface area (Å²) in [6, 6.07) is 7.68. The zero-order valence-corrected chi connectivity index (χ0v) is 15.9. The van der Waals surface area contributed by atoms with Gasteiger partial charge in [-0.05, 0) is 56.2 Å². The number of fused-ring (bicyclic) bond motifs is 2. The van der Waals surface area contributed by atoms with Crippen LogP contribution in [0, 0.1) is 5.92 Å². The molecule has 2 fully saturated rings. The Morgan fingerprint density at radius 1 is 1.21 bits per heavy atom. The van der Waals surface area contributed by atoms with Crippen LogP contribution in [0.1, 0.15) is 44.6 Å². The predicted molar refractivity (Wildman–Crippen MR) is 99.5 cm³/mol. The first-order chi connectivity index (χ1) is 13.2. The maximum atomic E-state index is 12.7. The number of carbonyl (C=O) groups is 2. The van der Waals surface area contributed by atoms with E-state index in [4.69, 9.17) is 0 Å². The van der Waals surface area contributed by atoms with Crippen LogP contribution in [-0.2, 0) is 16.1 Å². The van der Waals surface area contributed by atoms with Gasteiger partial charge >= 0.3 is 12.1 Å². The number of alkyl halides is 3. The number of halogens is 3. The highest BCUT2D eigenvalue weighted by Gasteiger charge is 2.42. The molecule has 8 heteroatoms.